The molecule has 1 aliphatic rings. The number of hydrogen-bond acceptors (Lipinski definition) is 8. The van der Waals surface area contributed by atoms with Crippen molar-refractivity contribution in [2.24, 2.45) is 5.10 Å². The summed E-state index contributed by atoms with van der Waals surface area (Å²) < 4.78 is 11.5. The van der Waals surface area contributed by atoms with Crippen LogP contribution in [0.2, 0.25) is 5.02 Å². The van der Waals surface area contributed by atoms with Crippen LogP contribution < -0.4 is 15.1 Å². The number of anilines is 2. The molecule has 9 heteroatoms. The number of pyridine rings is 1. The first kappa shape index (κ1) is 22.1. The van der Waals surface area contributed by atoms with Gasteiger partial charge in [-0.15, -0.1) is 0 Å². The van der Waals surface area contributed by atoms with Crippen LogP contribution in [-0.2, 0) is 4.74 Å². The summed E-state index contributed by atoms with van der Waals surface area (Å²) in [6.07, 6.45) is 3.37. The Hall–Kier alpha value is -3.75. The fraction of sp³-hybridized carbons (Fsp3) is 0.200. The summed E-state index contributed by atoms with van der Waals surface area (Å²) in [6.45, 7) is 4.81. The Kier molecular flexibility index (Phi) is 6.51. The molecule has 3 heterocycles. The standard InChI is InChI=1S/C25H23ClN6O2/c1-17-3-2-4-18(11-17)15-28-31-23-14-24(32-7-9-33-10-8-32)30-25(29-23)34-21-5-6-22-19(13-21)12-20(26)16-27-22/h2-6,11-16H,7-10H2,1H3,(H,29,30,31)/b28-15+. The van der Waals surface area contributed by atoms with Crippen LogP contribution in [0.1, 0.15) is 11.1 Å². The van der Waals surface area contributed by atoms with Gasteiger partial charge in [0.1, 0.15) is 11.6 Å². The molecular weight excluding hydrogens is 452 g/mol. The number of aryl methyl sites for hydroxylation is 1. The summed E-state index contributed by atoms with van der Waals surface area (Å²) >= 11 is 6.09. The minimum Gasteiger partial charge on any atom is -0.424 e. The Morgan fingerprint density at radius 1 is 1.09 bits per heavy atom. The fourth-order valence-electron chi connectivity index (χ4n) is 3.65. The van der Waals surface area contributed by atoms with Gasteiger partial charge in [0.15, 0.2) is 5.82 Å². The highest BCUT2D eigenvalue weighted by molar-refractivity contribution is 6.31. The lowest BCUT2D eigenvalue weighted by molar-refractivity contribution is 0.122. The summed E-state index contributed by atoms with van der Waals surface area (Å²) in [6, 6.07) is 17.6. The second-order valence-electron chi connectivity index (χ2n) is 7.89. The predicted octanol–water partition coefficient (Wildman–Crippen LogP) is 5.06. The number of rotatable bonds is 6. The molecule has 0 atom stereocenters. The third-order valence-corrected chi connectivity index (χ3v) is 5.50. The van der Waals surface area contributed by atoms with Crippen LogP contribution in [0, 0.1) is 6.92 Å². The van der Waals surface area contributed by atoms with Crippen LogP contribution in [0.15, 0.2) is 65.9 Å². The van der Waals surface area contributed by atoms with E-state index in [1.165, 1.54) is 5.56 Å². The Balaban J connectivity index is 1.42. The van der Waals surface area contributed by atoms with Gasteiger partial charge in [-0.3, -0.25) is 10.4 Å². The van der Waals surface area contributed by atoms with Gasteiger partial charge in [0.2, 0.25) is 0 Å². The number of aromatic nitrogens is 3. The maximum absolute atomic E-state index is 6.09. The van der Waals surface area contributed by atoms with Crippen molar-refractivity contribution >= 4 is 40.4 Å². The summed E-state index contributed by atoms with van der Waals surface area (Å²) in [4.78, 5) is 15.6. The van der Waals surface area contributed by atoms with E-state index < -0.39 is 0 Å². The highest BCUT2D eigenvalue weighted by Crippen LogP contribution is 2.27. The van der Waals surface area contributed by atoms with Crippen molar-refractivity contribution in [3.63, 3.8) is 0 Å². The molecule has 0 amide bonds. The first-order valence-corrected chi connectivity index (χ1v) is 11.3. The smallest absolute Gasteiger partial charge is 0.325 e. The Morgan fingerprint density at radius 2 is 1.97 bits per heavy atom. The average molecular weight is 475 g/mol. The van der Waals surface area contributed by atoms with Crippen molar-refractivity contribution in [1.29, 1.82) is 0 Å². The zero-order valence-electron chi connectivity index (χ0n) is 18.6. The minimum atomic E-state index is 0.214. The van der Waals surface area contributed by atoms with Crippen LogP contribution in [0.3, 0.4) is 0 Å². The van der Waals surface area contributed by atoms with E-state index >= 15 is 0 Å². The van der Waals surface area contributed by atoms with Gasteiger partial charge >= 0.3 is 6.01 Å². The Morgan fingerprint density at radius 3 is 2.82 bits per heavy atom. The van der Waals surface area contributed by atoms with Gasteiger partial charge < -0.3 is 14.4 Å². The molecule has 0 unspecified atom stereocenters. The first-order valence-electron chi connectivity index (χ1n) is 10.9. The summed E-state index contributed by atoms with van der Waals surface area (Å²) in [7, 11) is 0. The van der Waals surface area contributed by atoms with Gasteiger partial charge in [-0.1, -0.05) is 41.4 Å². The van der Waals surface area contributed by atoms with E-state index in [4.69, 9.17) is 21.1 Å². The van der Waals surface area contributed by atoms with Crippen LogP contribution in [0.4, 0.5) is 11.6 Å². The molecule has 1 saturated heterocycles. The first-order chi connectivity index (χ1) is 16.6. The van der Waals surface area contributed by atoms with E-state index in [2.05, 4.69) is 36.4 Å². The lowest BCUT2D eigenvalue weighted by Crippen LogP contribution is -2.36. The van der Waals surface area contributed by atoms with Gasteiger partial charge in [0, 0.05) is 30.7 Å². The van der Waals surface area contributed by atoms with Gasteiger partial charge in [-0.05, 0) is 36.8 Å². The quantitative estimate of drug-likeness (QED) is 0.309. The van der Waals surface area contributed by atoms with Crippen molar-refractivity contribution in [3.05, 3.63) is 76.9 Å². The summed E-state index contributed by atoms with van der Waals surface area (Å²) in [5.41, 5.74) is 6.00. The van der Waals surface area contributed by atoms with E-state index in [1.807, 2.05) is 55.5 Å². The number of benzene rings is 2. The Bertz CT molecular complexity index is 1340. The molecule has 0 radical (unpaired) electrons. The zero-order valence-corrected chi connectivity index (χ0v) is 19.4. The fourth-order valence-corrected chi connectivity index (χ4v) is 3.81. The predicted molar refractivity (Wildman–Crippen MR) is 134 cm³/mol. The van der Waals surface area contributed by atoms with Crippen molar-refractivity contribution in [2.45, 2.75) is 6.92 Å². The SMILES string of the molecule is Cc1cccc(/C=N/Nc2cc(N3CCOCC3)nc(Oc3ccc4ncc(Cl)cc4c3)n2)c1. The van der Waals surface area contributed by atoms with Gasteiger partial charge in [0.25, 0.3) is 0 Å². The molecule has 8 nitrogen and oxygen atoms in total. The second kappa shape index (κ2) is 10.0. The van der Waals surface area contributed by atoms with E-state index in [0.29, 0.717) is 29.8 Å². The molecule has 0 spiro atoms. The largest absolute Gasteiger partial charge is 0.424 e. The molecular formula is C25H23ClN6O2. The number of hydrogen-bond donors (Lipinski definition) is 1. The van der Waals surface area contributed by atoms with Crippen LogP contribution in [0.5, 0.6) is 11.8 Å². The van der Waals surface area contributed by atoms with Crippen LogP contribution in [-0.4, -0.2) is 47.5 Å². The van der Waals surface area contributed by atoms with Crippen molar-refractivity contribution in [2.75, 3.05) is 36.6 Å². The molecule has 34 heavy (non-hydrogen) atoms. The lowest BCUT2D eigenvalue weighted by Gasteiger charge is -2.28. The second-order valence-corrected chi connectivity index (χ2v) is 8.32. The molecule has 1 aliphatic heterocycles. The van der Waals surface area contributed by atoms with Gasteiger partial charge in [0.05, 0.1) is 30.0 Å². The molecule has 0 aliphatic carbocycles. The minimum absolute atomic E-state index is 0.214. The van der Waals surface area contributed by atoms with Gasteiger partial charge in [-0.25, -0.2) is 0 Å². The summed E-state index contributed by atoms with van der Waals surface area (Å²) in [5, 5.41) is 5.78. The molecule has 1 N–H and O–H groups in total. The lowest BCUT2D eigenvalue weighted by atomic mass is 10.2. The molecule has 172 valence electrons. The van der Waals surface area contributed by atoms with E-state index in [9.17, 15) is 0 Å². The molecule has 0 saturated carbocycles. The number of hydrazone groups is 1. The van der Waals surface area contributed by atoms with E-state index in [-0.39, 0.29) is 6.01 Å². The molecule has 1 fully saturated rings. The number of fused-ring (bicyclic) bond motifs is 1. The maximum Gasteiger partial charge on any atom is 0.325 e. The normalized spacial score (nSPS) is 14.0. The van der Waals surface area contributed by atoms with Crippen molar-refractivity contribution < 1.29 is 9.47 Å². The zero-order chi connectivity index (χ0) is 23.3. The van der Waals surface area contributed by atoms with Crippen molar-refractivity contribution in [3.8, 4) is 11.8 Å². The maximum atomic E-state index is 6.09. The van der Waals surface area contributed by atoms with E-state index in [0.717, 1.165) is 35.4 Å². The number of nitrogens with one attached hydrogen (secondary N) is 1. The van der Waals surface area contributed by atoms with Gasteiger partial charge in [-0.2, -0.15) is 15.1 Å². The third-order valence-electron chi connectivity index (χ3n) is 5.29. The average Bonchev–Trinajstić information content (AvgIpc) is 2.84. The van der Waals surface area contributed by atoms with Crippen LogP contribution in [0.25, 0.3) is 10.9 Å². The number of morpholine rings is 1. The number of nitrogens with zero attached hydrogens (tertiary/aromatic N) is 5. The third kappa shape index (κ3) is 5.41. The topological polar surface area (TPSA) is 84.8 Å². The number of ether oxygens (including phenoxy) is 2. The monoisotopic (exact) mass is 474 g/mol. The molecule has 4 aromatic rings. The van der Waals surface area contributed by atoms with Crippen molar-refractivity contribution in [1.82, 2.24) is 15.0 Å². The highest BCUT2D eigenvalue weighted by atomic mass is 35.5. The molecule has 5 rings (SSSR count). The van der Waals surface area contributed by atoms with E-state index in [1.54, 1.807) is 12.4 Å². The van der Waals surface area contributed by atoms with Crippen LogP contribution >= 0.6 is 11.6 Å². The molecule has 0 bridgehead atoms. The Labute approximate surface area is 202 Å². The summed E-state index contributed by atoms with van der Waals surface area (Å²) in [5.74, 6) is 1.86. The molecule has 2 aromatic carbocycles. The number of halogens is 1. The molecule has 2 aromatic heterocycles. The highest BCUT2D eigenvalue weighted by Gasteiger charge is 2.16.